The number of esters is 1. The first kappa shape index (κ1) is 20.5. The Hall–Kier alpha value is -1.83. The number of nitrogens with zero attached hydrogens (tertiary/aromatic N) is 2. The third-order valence-corrected chi connectivity index (χ3v) is 4.99. The van der Waals surface area contributed by atoms with Crippen LogP contribution in [0.4, 0.5) is 10.5 Å². The standard InChI is InChI=1S/C17H19Cl2N3O3S/c1-3-8-22(9-14-20-13(10-26-14)16(23)25-4-2)17(24)21-12-7-5-6-11(18)15(12)19/h5-7,10H,3-4,8-9H2,1-2H3,(H,21,24). The quantitative estimate of drug-likeness (QED) is 0.640. The highest BCUT2D eigenvalue weighted by Gasteiger charge is 2.18. The lowest BCUT2D eigenvalue weighted by atomic mass is 10.3. The Labute approximate surface area is 166 Å². The van der Waals surface area contributed by atoms with Gasteiger partial charge in [0.25, 0.3) is 0 Å². The predicted molar refractivity (Wildman–Crippen MR) is 104 cm³/mol. The zero-order valence-corrected chi connectivity index (χ0v) is 16.7. The normalized spacial score (nSPS) is 10.5. The van der Waals surface area contributed by atoms with Gasteiger partial charge in [0.15, 0.2) is 5.69 Å². The molecule has 0 aliphatic carbocycles. The summed E-state index contributed by atoms with van der Waals surface area (Å²) in [6, 6.07) is 4.72. The minimum absolute atomic E-state index is 0.251. The van der Waals surface area contributed by atoms with E-state index in [1.807, 2.05) is 6.92 Å². The number of anilines is 1. The van der Waals surface area contributed by atoms with Crippen LogP contribution in [0.2, 0.25) is 10.0 Å². The molecular weight excluding hydrogens is 397 g/mol. The molecule has 0 radical (unpaired) electrons. The van der Waals surface area contributed by atoms with Gasteiger partial charge in [-0.1, -0.05) is 36.2 Å². The molecule has 1 N–H and O–H groups in total. The lowest BCUT2D eigenvalue weighted by molar-refractivity contribution is 0.0520. The van der Waals surface area contributed by atoms with Crippen LogP contribution in [0.15, 0.2) is 23.6 Å². The number of benzene rings is 1. The number of ether oxygens (including phenoxy) is 1. The molecule has 26 heavy (non-hydrogen) atoms. The number of carbonyl (C=O) groups is 2. The number of hydrogen-bond donors (Lipinski definition) is 1. The summed E-state index contributed by atoms with van der Waals surface area (Å²) in [5.74, 6) is -0.466. The first-order valence-corrected chi connectivity index (χ1v) is 9.71. The lowest BCUT2D eigenvalue weighted by Gasteiger charge is -2.22. The number of urea groups is 1. The molecule has 0 unspecified atom stereocenters. The fourth-order valence-corrected chi connectivity index (χ4v) is 3.29. The highest BCUT2D eigenvalue weighted by molar-refractivity contribution is 7.09. The zero-order valence-electron chi connectivity index (χ0n) is 14.4. The molecule has 0 spiro atoms. The summed E-state index contributed by atoms with van der Waals surface area (Å²) >= 11 is 13.4. The first-order chi connectivity index (χ1) is 12.5. The minimum Gasteiger partial charge on any atom is -0.461 e. The average Bonchev–Trinajstić information content (AvgIpc) is 3.07. The summed E-state index contributed by atoms with van der Waals surface area (Å²) in [6.45, 7) is 4.80. The van der Waals surface area contributed by atoms with Crippen molar-refractivity contribution in [2.75, 3.05) is 18.5 Å². The fraction of sp³-hybridized carbons (Fsp3) is 0.353. The lowest BCUT2D eigenvalue weighted by Crippen LogP contribution is -2.35. The Morgan fingerprint density at radius 2 is 2.08 bits per heavy atom. The van der Waals surface area contributed by atoms with Gasteiger partial charge in [-0.3, -0.25) is 0 Å². The van der Waals surface area contributed by atoms with Crippen molar-refractivity contribution in [3.8, 4) is 0 Å². The van der Waals surface area contributed by atoms with Crippen molar-refractivity contribution in [1.29, 1.82) is 0 Å². The van der Waals surface area contributed by atoms with Gasteiger partial charge in [0.05, 0.1) is 28.9 Å². The summed E-state index contributed by atoms with van der Waals surface area (Å²) in [6.07, 6.45) is 0.771. The number of hydrogen-bond acceptors (Lipinski definition) is 5. The number of thiazole rings is 1. The van der Waals surface area contributed by atoms with Gasteiger partial charge in [0.2, 0.25) is 0 Å². The molecule has 0 saturated heterocycles. The van der Waals surface area contributed by atoms with Gasteiger partial charge >= 0.3 is 12.0 Å². The monoisotopic (exact) mass is 415 g/mol. The van der Waals surface area contributed by atoms with Crippen molar-refractivity contribution in [3.63, 3.8) is 0 Å². The van der Waals surface area contributed by atoms with Crippen LogP contribution >= 0.6 is 34.5 Å². The maximum Gasteiger partial charge on any atom is 0.357 e. The molecule has 0 atom stereocenters. The topological polar surface area (TPSA) is 71.5 Å². The van der Waals surface area contributed by atoms with Gasteiger partial charge in [-0.15, -0.1) is 11.3 Å². The summed E-state index contributed by atoms with van der Waals surface area (Å²) in [5, 5.41) is 5.69. The number of halogens is 2. The van der Waals surface area contributed by atoms with Gasteiger partial charge in [-0.2, -0.15) is 0 Å². The Balaban J connectivity index is 2.09. The second-order valence-corrected chi connectivity index (χ2v) is 7.03. The van der Waals surface area contributed by atoms with Crippen molar-refractivity contribution in [2.45, 2.75) is 26.8 Å². The van der Waals surface area contributed by atoms with E-state index in [-0.39, 0.29) is 29.9 Å². The second-order valence-electron chi connectivity index (χ2n) is 5.30. The number of rotatable bonds is 7. The predicted octanol–water partition coefficient (Wildman–Crippen LogP) is 5.07. The molecule has 0 fully saturated rings. The van der Waals surface area contributed by atoms with Crippen molar-refractivity contribution in [1.82, 2.24) is 9.88 Å². The largest absolute Gasteiger partial charge is 0.461 e. The molecule has 0 aliphatic heterocycles. The van der Waals surface area contributed by atoms with Crippen LogP contribution in [0.25, 0.3) is 0 Å². The molecule has 6 nitrogen and oxygen atoms in total. The number of carbonyl (C=O) groups excluding carboxylic acids is 2. The van der Waals surface area contributed by atoms with Crippen molar-refractivity contribution >= 4 is 52.2 Å². The summed E-state index contributed by atoms with van der Waals surface area (Å²) in [5.41, 5.74) is 0.693. The smallest absolute Gasteiger partial charge is 0.357 e. The molecule has 1 heterocycles. The van der Waals surface area contributed by atoms with Gasteiger partial charge in [0, 0.05) is 11.9 Å². The molecule has 0 saturated carbocycles. The molecule has 0 bridgehead atoms. The molecule has 1 aromatic carbocycles. The highest BCUT2D eigenvalue weighted by Crippen LogP contribution is 2.29. The van der Waals surface area contributed by atoms with Gasteiger partial charge < -0.3 is 15.0 Å². The van der Waals surface area contributed by atoms with Crippen molar-refractivity contribution < 1.29 is 14.3 Å². The van der Waals surface area contributed by atoms with Crippen LogP contribution in [0.5, 0.6) is 0 Å². The number of aromatic nitrogens is 1. The van der Waals surface area contributed by atoms with E-state index in [2.05, 4.69) is 10.3 Å². The van der Waals surface area contributed by atoms with E-state index in [0.29, 0.717) is 22.3 Å². The SMILES string of the molecule is CCCN(Cc1nc(C(=O)OCC)cs1)C(=O)Nc1cccc(Cl)c1Cl. The number of nitrogens with one attached hydrogen (secondary N) is 1. The van der Waals surface area contributed by atoms with Crippen LogP contribution in [-0.2, 0) is 11.3 Å². The Morgan fingerprint density at radius 3 is 2.77 bits per heavy atom. The highest BCUT2D eigenvalue weighted by atomic mass is 35.5. The summed E-state index contributed by atoms with van der Waals surface area (Å²) < 4.78 is 4.93. The van der Waals surface area contributed by atoms with Gasteiger partial charge in [-0.25, -0.2) is 14.6 Å². The third-order valence-electron chi connectivity index (χ3n) is 3.34. The van der Waals surface area contributed by atoms with Crippen LogP contribution < -0.4 is 5.32 Å². The Kier molecular flexibility index (Phi) is 7.68. The van der Waals surface area contributed by atoms with E-state index >= 15 is 0 Å². The summed E-state index contributed by atoms with van der Waals surface area (Å²) in [7, 11) is 0. The van der Waals surface area contributed by atoms with Crippen LogP contribution in [0.1, 0.15) is 35.8 Å². The maximum atomic E-state index is 12.6. The van der Waals surface area contributed by atoms with Crippen LogP contribution in [0, 0.1) is 0 Å². The number of amides is 2. The van der Waals surface area contributed by atoms with E-state index in [1.165, 1.54) is 11.3 Å². The van der Waals surface area contributed by atoms with E-state index < -0.39 is 5.97 Å². The Morgan fingerprint density at radius 1 is 1.31 bits per heavy atom. The molecule has 140 valence electrons. The minimum atomic E-state index is -0.466. The third kappa shape index (κ3) is 5.33. The Bertz CT molecular complexity index is 782. The van der Waals surface area contributed by atoms with Crippen molar-refractivity contribution in [2.24, 2.45) is 0 Å². The van der Waals surface area contributed by atoms with E-state index in [4.69, 9.17) is 27.9 Å². The average molecular weight is 416 g/mol. The van der Waals surface area contributed by atoms with Gasteiger partial charge in [-0.05, 0) is 25.5 Å². The molecule has 0 aliphatic rings. The fourth-order valence-electron chi connectivity index (χ4n) is 2.16. The van der Waals surface area contributed by atoms with E-state index in [9.17, 15) is 9.59 Å². The van der Waals surface area contributed by atoms with E-state index in [0.717, 1.165) is 6.42 Å². The molecule has 9 heteroatoms. The zero-order chi connectivity index (χ0) is 19.1. The second kappa shape index (κ2) is 9.75. The van der Waals surface area contributed by atoms with Crippen LogP contribution in [0.3, 0.4) is 0 Å². The molecule has 2 aromatic rings. The van der Waals surface area contributed by atoms with Crippen molar-refractivity contribution in [3.05, 3.63) is 44.3 Å². The molecular formula is C17H19Cl2N3O3S. The molecule has 2 amide bonds. The molecule has 1 aromatic heterocycles. The maximum absolute atomic E-state index is 12.6. The van der Waals surface area contributed by atoms with Crippen LogP contribution in [-0.4, -0.2) is 35.0 Å². The summed E-state index contributed by atoms with van der Waals surface area (Å²) in [4.78, 5) is 30.2. The molecule has 2 rings (SSSR count). The van der Waals surface area contributed by atoms with Gasteiger partial charge in [0.1, 0.15) is 5.01 Å². The first-order valence-electron chi connectivity index (χ1n) is 8.07. The van der Waals surface area contributed by atoms with E-state index in [1.54, 1.807) is 35.4 Å².